The van der Waals surface area contributed by atoms with Gasteiger partial charge in [0.2, 0.25) is 0 Å². The summed E-state index contributed by atoms with van der Waals surface area (Å²) in [6.07, 6.45) is 3.62. The molecule has 1 aromatic rings. The van der Waals surface area contributed by atoms with Crippen molar-refractivity contribution in [2.75, 3.05) is 0 Å². The molecule has 0 atom stereocenters. The predicted molar refractivity (Wildman–Crippen MR) is 58.4 cm³/mol. The van der Waals surface area contributed by atoms with Crippen LogP contribution in [-0.4, -0.2) is 4.37 Å². The maximum absolute atomic E-state index is 4.16. The van der Waals surface area contributed by atoms with Crippen LogP contribution in [0.3, 0.4) is 0 Å². The maximum atomic E-state index is 4.16. The molecule has 0 radical (unpaired) electrons. The first-order valence-corrected chi connectivity index (χ1v) is 4.78. The number of hydrogen-bond acceptors (Lipinski definition) is 2. The lowest BCUT2D eigenvalue weighted by Gasteiger charge is -1.87. The highest BCUT2D eigenvalue weighted by atomic mass is 32.1. The monoisotopic (exact) mass is 181 g/mol. The van der Waals surface area contributed by atoms with Crippen LogP contribution in [0.25, 0.3) is 12.2 Å². The third kappa shape index (κ3) is 2.31. The van der Waals surface area contributed by atoms with Gasteiger partial charge in [0, 0.05) is 5.56 Å². The molecule has 1 nitrogen and oxygen atoms in total. The number of aromatic nitrogens is 1. The van der Waals surface area contributed by atoms with Crippen molar-refractivity contribution in [1.82, 2.24) is 4.37 Å². The second-order valence-corrected chi connectivity index (χ2v) is 2.76. The van der Waals surface area contributed by atoms with E-state index >= 15 is 0 Å². The average molecular weight is 181 g/mol. The molecule has 0 unspecified atom stereocenters. The van der Waals surface area contributed by atoms with Gasteiger partial charge in [0.15, 0.2) is 0 Å². The quantitative estimate of drug-likeness (QED) is 0.677. The topological polar surface area (TPSA) is 12.9 Å². The van der Waals surface area contributed by atoms with Gasteiger partial charge < -0.3 is 0 Å². The third-order valence-corrected chi connectivity index (χ3v) is 2.27. The summed E-state index contributed by atoms with van der Waals surface area (Å²) in [4.78, 5) is 1.10. The highest BCUT2D eigenvalue weighted by Crippen LogP contribution is 2.19. The Bertz CT molecular complexity index is 261. The molecule has 0 aromatic carbocycles. The minimum absolute atomic E-state index is 1.04. The number of hydrogen-bond donors (Lipinski definition) is 0. The Labute approximate surface area is 78.6 Å². The van der Waals surface area contributed by atoms with E-state index in [-0.39, 0.29) is 0 Å². The van der Waals surface area contributed by atoms with Crippen molar-refractivity contribution in [2.24, 2.45) is 0 Å². The number of nitrogens with zero attached hydrogens (tertiary/aromatic N) is 1. The summed E-state index contributed by atoms with van der Waals surface area (Å²) in [5.74, 6) is 0. The Morgan fingerprint density at radius 3 is 2.17 bits per heavy atom. The molecule has 1 rings (SSSR count). The lowest BCUT2D eigenvalue weighted by atomic mass is 10.2. The van der Waals surface area contributed by atoms with E-state index in [1.54, 1.807) is 0 Å². The standard InChI is InChI=1S/C8H9NS.C2H6/c1-4-7-6(3)9-10-8(7)5-2;1-2/h4-5H,1-2H2,3H3;1-2H3. The molecule has 0 amide bonds. The average Bonchev–Trinajstić information content (AvgIpc) is 2.49. The first-order valence-electron chi connectivity index (χ1n) is 4.00. The SMILES string of the molecule is C=Cc1snc(C)c1C=C.CC. The van der Waals surface area contributed by atoms with E-state index in [1.807, 2.05) is 32.9 Å². The van der Waals surface area contributed by atoms with Gasteiger partial charge in [-0.05, 0) is 24.5 Å². The second kappa shape index (κ2) is 5.72. The normalized spacial score (nSPS) is 8.25. The lowest BCUT2D eigenvalue weighted by Crippen LogP contribution is -1.74. The van der Waals surface area contributed by atoms with Gasteiger partial charge in [-0.1, -0.05) is 33.1 Å². The molecule has 0 fully saturated rings. The Morgan fingerprint density at radius 1 is 1.25 bits per heavy atom. The summed E-state index contributed by atoms with van der Waals surface area (Å²) >= 11 is 1.46. The van der Waals surface area contributed by atoms with Crippen molar-refractivity contribution < 1.29 is 0 Å². The zero-order valence-electron chi connectivity index (χ0n) is 7.92. The van der Waals surface area contributed by atoms with Gasteiger partial charge in [-0.3, -0.25) is 0 Å². The van der Waals surface area contributed by atoms with Crippen LogP contribution in [0.1, 0.15) is 30.0 Å². The minimum atomic E-state index is 1.04. The largest absolute Gasteiger partial charge is 0.197 e. The first-order chi connectivity index (χ1) is 5.79. The Hall–Kier alpha value is -0.890. The van der Waals surface area contributed by atoms with Gasteiger partial charge >= 0.3 is 0 Å². The van der Waals surface area contributed by atoms with Crippen molar-refractivity contribution in [1.29, 1.82) is 0 Å². The van der Waals surface area contributed by atoms with E-state index in [0.717, 1.165) is 16.1 Å². The van der Waals surface area contributed by atoms with Gasteiger partial charge in [-0.25, -0.2) is 0 Å². The Kier molecular flexibility index (Phi) is 5.30. The Morgan fingerprint density at radius 2 is 1.83 bits per heavy atom. The molecule has 0 aliphatic rings. The molecule has 0 bridgehead atoms. The first kappa shape index (κ1) is 11.1. The number of aryl methyl sites for hydroxylation is 1. The van der Waals surface area contributed by atoms with Crippen molar-refractivity contribution in [2.45, 2.75) is 20.8 Å². The summed E-state index contributed by atoms with van der Waals surface area (Å²) in [5, 5.41) is 0. The highest BCUT2D eigenvalue weighted by molar-refractivity contribution is 7.07. The fraction of sp³-hybridized carbons (Fsp3) is 0.300. The van der Waals surface area contributed by atoms with Crippen molar-refractivity contribution in [3.63, 3.8) is 0 Å². The zero-order valence-corrected chi connectivity index (χ0v) is 8.74. The summed E-state index contributed by atoms with van der Waals surface area (Å²) in [6, 6.07) is 0. The molecule has 0 spiro atoms. The second-order valence-electron chi connectivity index (χ2n) is 1.95. The minimum Gasteiger partial charge on any atom is -0.197 e. The van der Waals surface area contributed by atoms with Crippen LogP contribution in [0.15, 0.2) is 13.2 Å². The smallest absolute Gasteiger partial charge is 0.0589 e. The van der Waals surface area contributed by atoms with Crippen LogP contribution >= 0.6 is 11.5 Å². The lowest BCUT2D eigenvalue weighted by molar-refractivity contribution is 1.33. The molecule has 66 valence electrons. The van der Waals surface area contributed by atoms with Crippen LogP contribution in [-0.2, 0) is 0 Å². The molecule has 0 aliphatic heterocycles. The fourth-order valence-electron chi connectivity index (χ4n) is 0.790. The molecule has 12 heavy (non-hydrogen) atoms. The van der Waals surface area contributed by atoms with E-state index in [4.69, 9.17) is 0 Å². The van der Waals surface area contributed by atoms with E-state index in [0.29, 0.717) is 0 Å². The van der Waals surface area contributed by atoms with Crippen molar-refractivity contribution in [3.05, 3.63) is 29.3 Å². The van der Waals surface area contributed by atoms with Crippen molar-refractivity contribution in [3.8, 4) is 0 Å². The van der Waals surface area contributed by atoms with E-state index in [2.05, 4.69) is 17.5 Å². The number of rotatable bonds is 2. The van der Waals surface area contributed by atoms with Crippen LogP contribution in [0.2, 0.25) is 0 Å². The van der Waals surface area contributed by atoms with Crippen LogP contribution < -0.4 is 0 Å². The molecular weight excluding hydrogens is 166 g/mol. The van der Waals surface area contributed by atoms with E-state index in [1.165, 1.54) is 11.5 Å². The molecule has 1 aromatic heterocycles. The van der Waals surface area contributed by atoms with Gasteiger partial charge in [-0.2, -0.15) is 4.37 Å². The molecule has 0 saturated heterocycles. The Balaban J connectivity index is 0.000000561. The van der Waals surface area contributed by atoms with Crippen molar-refractivity contribution >= 4 is 23.7 Å². The molecule has 1 heterocycles. The molecular formula is C10H15NS. The van der Waals surface area contributed by atoms with Crippen LogP contribution in [0.4, 0.5) is 0 Å². The zero-order chi connectivity index (χ0) is 9.56. The predicted octanol–water partition coefficient (Wildman–Crippen LogP) is 3.76. The fourth-order valence-corrected chi connectivity index (χ4v) is 1.53. The molecule has 2 heteroatoms. The van der Waals surface area contributed by atoms with E-state index in [9.17, 15) is 0 Å². The van der Waals surface area contributed by atoms with Gasteiger partial charge in [0.25, 0.3) is 0 Å². The van der Waals surface area contributed by atoms with E-state index < -0.39 is 0 Å². The maximum Gasteiger partial charge on any atom is 0.0589 e. The van der Waals surface area contributed by atoms with Gasteiger partial charge in [0.05, 0.1) is 10.6 Å². The van der Waals surface area contributed by atoms with Crippen LogP contribution in [0, 0.1) is 6.92 Å². The summed E-state index contributed by atoms with van der Waals surface area (Å²) < 4.78 is 4.16. The molecule has 0 saturated carbocycles. The molecule has 0 aliphatic carbocycles. The summed E-state index contributed by atoms with van der Waals surface area (Å²) in [5.41, 5.74) is 2.15. The van der Waals surface area contributed by atoms with Gasteiger partial charge in [0.1, 0.15) is 0 Å². The van der Waals surface area contributed by atoms with Crippen LogP contribution in [0.5, 0.6) is 0 Å². The van der Waals surface area contributed by atoms with Gasteiger partial charge in [-0.15, -0.1) is 0 Å². The molecule has 0 N–H and O–H groups in total. The summed E-state index contributed by atoms with van der Waals surface area (Å²) in [7, 11) is 0. The third-order valence-electron chi connectivity index (χ3n) is 1.33. The highest BCUT2D eigenvalue weighted by Gasteiger charge is 2.01. The summed E-state index contributed by atoms with van der Waals surface area (Å²) in [6.45, 7) is 13.3.